The number of esters is 1. The molecule has 0 aromatic carbocycles. The molecule has 3 atom stereocenters. The summed E-state index contributed by atoms with van der Waals surface area (Å²) in [6.45, 7) is 6.32. The maximum absolute atomic E-state index is 13.1. The van der Waals surface area contributed by atoms with Crippen molar-refractivity contribution in [1.82, 2.24) is 5.32 Å². The van der Waals surface area contributed by atoms with E-state index in [2.05, 4.69) is 50.4 Å². The second-order valence-corrected chi connectivity index (χ2v) is 16.2. The average molecular weight is 786 g/mol. The minimum atomic E-state index is -0.792. The van der Waals surface area contributed by atoms with Crippen LogP contribution in [0, 0.1) is 0 Å². The molecule has 3 unspecified atom stereocenters. The van der Waals surface area contributed by atoms with Crippen LogP contribution in [0.4, 0.5) is 0 Å². The van der Waals surface area contributed by atoms with E-state index in [1.54, 1.807) is 0 Å². The average Bonchev–Trinajstić information content (AvgIpc) is 3.19. The largest absolute Gasteiger partial charge is 0.462 e. The van der Waals surface area contributed by atoms with Gasteiger partial charge >= 0.3 is 5.97 Å². The third kappa shape index (κ3) is 38.7. The van der Waals surface area contributed by atoms with Gasteiger partial charge in [0.05, 0.1) is 25.2 Å². The Morgan fingerprint density at radius 2 is 0.964 bits per heavy atom. The molecule has 0 spiro atoms. The van der Waals surface area contributed by atoms with Gasteiger partial charge in [0.25, 0.3) is 0 Å². The normalized spacial score (nSPS) is 13.7. The van der Waals surface area contributed by atoms with Crippen LogP contribution >= 0.6 is 0 Å². The van der Waals surface area contributed by atoms with Crippen LogP contribution in [0.25, 0.3) is 0 Å². The van der Waals surface area contributed by atoms with Crippen LogP contribution < -0.4 is 5.32 Å². The smallest absolute Gasteiger partial charge is 0.306 e. The molecule has 0 aliphatic rings. The predicted molar refractivity (Wildman–Crippen MR) is 241 cm³/mol. The fourth-order valence-corrected chi connectivity index (χ4v) is 7.15. The number of hydrogen-bond donors (Lipinski definition) is 3. The zero-order valence-corrected chi connectivity index (χ0v) is 37.0. The molecule has 56 heavy (non-hydrogen) atoms. The first-order chi connectivity index (χ1) is 27.5. The molecule has 0 rings (SSSR count). The van der Waals surface area contributed by atoms with Gasteiger partial charge in [-0.25, -0.2) is 0 Å². The van der Waals surface area contributed by atoms with E-state index in [0.717, 1.165) is 70.6 Å². The molecule has 0 aromatic rings. The molecule has 1 amide bonds. The number of ether oxygens (including phenoxy) is 1. The van der Waals surface area contributed by atoms with Crippen molar-refractivity contribution in [1.29, 1.82) is 0 Å². The van der Waals surface area contributed by atoms with Crippen LogP contribution in [0.3, 0.4) is 0 Å². The molecule has 326 valence electrons. The summed E-state index contributed by atoms with van der Waals surface area (Å²) < 4.78 is 5.89. The number of carbonyl (C=O) groups is 2. The van der Waals surface area contributed by atoms with E-state index in [1.165, 1.54) is 116 Å². The fraction of sp³-hybridized carbons (Fsp3) is 0.800. The molecule has 0 heterocycles. The molecule has 6 heteroatoms. The number of aliphatic hydroxyl groups is 2. The second-order valence-electron chi connectivity index (χ2n) is 16.2. The number of unbranched alkanes of at least 4 members (excludes halogenated alkanes) is 25. The molecule has 0 saturated carbocycles. The summed E-state index contributed by atoms with van der Waals surface area (Å²) in [5.74, 6) is -0.516. The van der Waals surface area contributed by atoms with Crippen LogP contribution in [0.2, 0.25) is 0 Å². The number of nitrogens with one attached hydrogen (secondary N) is 1. The molecule has 0 aliphatic heterocycles. The highest BCUT2D eigenvalue weighted by atomic mass is 16.5. The van der Waals surface area contributed by atoms with Gasteiger partial charge in [-0.05, 0) is 44.9 Å². The molecule has 0 fully saturated rings. The lowest BCUT2D eigenvalue weighted by Gasteiger charge is -2.24. The molecule has 6 nitrogen and oxygen atoms in total. The Kier molecular flexibility index (Phi) is 42.2. The summed E-state index contributed by atoms with van der Waals surface area (Å²) in [4.78, 5) is 26.0. The topological polar surface area (TPSA) is 95.9 Å². The van der Waals surface area contributed by atoms with E-state index in [9.17, 15) is 19.8 Å². The number of rotatable bonds is 42. The molecular weight excluding hydrogens is 695 g/mol. The highest BCUT2D eigenvalue weighted by molar-refractivity contribution is 5.77. The summed E-state index contributed by atoms with van der Waals surface area (Å²) in [7, 11) is 0. The first-order valence-electron chi connectivity index (χ1n) is 23.9. The van der Waals surface area contributed by atoms with Crippen molar-refractivity contribution >= 4 is 11.9 Å². The number of carbonyl (C=O) groups excluding carboxylic acids is 2. The molecule has 0 aliphatic carbocycles. The van der Waals surface area contributed by atoms with Crippen molar-refractivity contribution in [2.45, 2.75) is 251 Å². The Morgan fingerprint density at radius 1 is 0.536 bits per heavy atom. The zero-order valence-electron chi connectivity index (χ0n) is 37.0. The number of aliphatic hydroxyl groups excluding tert-OH is 2. The van der Waals surface area contributed by atoms with E-state index in [0.29, 0.717) is 19.3 Å². The van der Waals surface area contributed by atoms with E-state index in [4.69, 9.17) is 4.74 Å². The van der Waals surface area contributed by atoms with Gasteiger partial charge < -0.3 is 20.3 Å². The van der Waals surface area contributed by atoms with Gasteiger partial charge in [0.2, 0.25) is 5.91 Å². The van der Waals surface area contributed by atoms with Crippen LogP contribution in [-0.4, -0.2) is 46.9 Å². The fourth-order valence-electron chi connectivity index (χ4n) is 7.15. The SMILES string of the molecule is CC/C=C/C=C/C=C\C=C/CCCCCC(=O)OC(CCCCCCCCCCCCC)CC(=O)NC(CO)C(O)CCCCCCCCCCCCCCC. The minimum Gasteiger partial charge on any atom is -0.462 e. The third-order valence-corrected chi connectivity index (χ3v) is 10.8. The Balaban J connectivity index is 4.61. The Bertz CT molecular complexity index is 972. The first kappa shape index (κ1) is 53.8. The maximum atomic E-state index is 13.1. The maximum Gasteiger partial charge on any atom is 0.306 e. The zero-order chi connectivity index (χ0) is 41.0. The lowest BCUT2D eigenvalue weighted by atomic mass is 10.0. The number of amides is 1. The van der Waals surface area contributed by atoms with Crippen LogP contribution in [0.1, 0.15) is 233 Å². The number of hydrogen-bond acceptors (Lipinski definition) is 5. The lowest BCUT2D eigenvalue weighted by molar-refractivity contribution is -0.151. The van der Waals surface area contributed by atoms with E-state index in [-0.39, 0.29) is 24.9 Å². The van der Waals surface area contributed by atoms with E-state index in [1.807, 2.05) is 24.3 Å². The summed E-state index contributed by atoms with van der Waals surface area (Å²) in [6.07, 6.45) is 51.7. The van der Waals surface area contributed by atoms with Crippen molar-refractivity contribution < 1.29 is 24.5 Å². The minimum absolute atomic E-state index is 0.0633. The standard InChI is InChI=1S/C50H91NO5/c1-4-7-10-13-16-19-22-24-27-30-33-36-39-42-48(53)47(45-52)51-49(54)44-46(41-38-35-32-29-26-21-18-15-12-9-6-3)56-50(55)43-40-37-34-31-28-25-23-20-17-14-11-8-5-2/h8,11,14,17,20,23,25,28,46-48,52-53H,4-7,9-10,12-13,15-16,18-19,21-22,24,26-27,29-45H2,1-3H3,(H,51,54)/b11-8+,17-14+,23-20-,28-25-. The summed E-state index contributed by atoms with van der Waals surface area (Å²) in [5, 5.41) is 23.7. The first-order valence-corrected chi connectivity index (χ1v) is 23.9. The van der Waals surface area contributed by atoms with E-state index < -0.39 is 18.2 Å². The molecule has 0 radical (unpaired) electrons. The van der Waals surface area contributed by atoms with Crippen molar-refractivity contribution in [3.63, 3.8) is 0 Å². The van der Waals surface area contributed by atoms with Crippen molar-refractivity contribution in [3.8, 4) is 0 Å². The van der Waals surface area contributed by atoms with Crippen LogP contribution in [0.15, 0.2) is 48.6 Å². The molecule has 0 saturated heterocycles. The molecular formula is C50H91NO5. The predicted octanol–water partition coefficient (Wildman–Crippen LogP) is 13.9. The highest BCUT2D eigenvalue weighted by Gasteiger charge is 2.24. The van der Waals surface area contributed by atoms with Gasteiger partial charge in [-0.3, -0.25) is 9.59 Å². The Hall–Kier alpha value is -2.18. The summed E-state index contributed by atoms with van der Waals surface area (Å²) >= 11 is 0. The van der Waals surface area contributed by atoms with Crippen LogP contribution in [-0.2, 0) is 14.3 Å². The molecule has 0 bridgehead atoms. The van der Waals surface area contributed by atoms with Gasteiger partial charge in [0, 0.05) is 6.42 Å². The highest BCUT2D eigenvalue weighted by Crippen LogP contribution is 2.18. The quantitative estimate of drug-likeness (QED) is 0.0325. The molecule has 0 aromatic heterocycles. The van der Waals surface area contributed by atoms with Crippen LogP contribution in [0.5, 0.6) is 0 Å². The third-order valence-electron chi connectivity index (χ3n) is 10.8. The van der Waals surface area contributed by atoms with Gasteiger partial charge in [-0.1, -0.05) is 223 Å². The Labute approximate surface area is 346 Å². The van der Waals surface area contributed by atoms with Gasteiger partial charge in [0.15, 0.2) is 0 Å². The Morgan fingerprint density at radius 3 is 1.45 bits per heavy atom. The number of allylic oxidation sites excluding steroid dienone is 8. The molecule has 3 N–H and O–H groups in total. The van der Waals surface area contributed by atoms with E-state index >= 15 is 0 Å². The van der Waals surface area contributed by atoms with Gasteiger partial charge in [-0.15, -0.1) is 0 Å². The summed E-state index contributed by atoms with van der Waals surface area (Å²) in [5.41, 5.74) is 0. The lowest BCUT2D eigenvalue weighted by Crippen LogP contribution is -2.46. The van der Waals surface area contributed by atoms with Gasteiger partial charge in [-0.2, -0.15) is 0 Å². The van der Waals surface area contributed by atoms with Gasteiger partial charge in [0.1, 0.15) is 6.10 Å². The second kappa shape index (κ2) is 43.9. The monoisotopic (exact) mass is 786 g/mol. The van der Waals surface area contributed by atoms with Crippen molar-refractivity contribution in [3.05, 3.63) is 48.6 Å². The summed E-state index contributed by atoms with van der Waals surface area (Å²) in [6, 6.07) is -0.706. The van der Waals surface area contributed by atoms with Crippen molar-refractivity contribution in [2.24, 2.45) is 0 Å². The van der Waals surface area contributed by atoms with Crippen molar-refractivity contribution in [2.75, 3.05) is 6.61 Å².